The first-order valence-electron chi connectivity index (χ1n) is 7.75. The van der Waals surface area contributed by atoms with Crippen LogP contribution in [0.4, 0.5) is 11.6 Å². The van der Waals surface area contributed by atoms with E-state index in [0.29, 0.717) is 5.95 Å². The number of nitro benzene ring substituents is 1. The normalized spacial score (nSPS) is 10.3. The molecule has 0 bridgehead atoms. The van der Waals surface area contributed by atoms with Crippen LogP contribution in [0.3, 0.4) is 0 Å². The molecule has 9 heteroatoms. The van der Waals surface area contributed by atoms with Gasteiger partial charge in [0.1, 0.15) is 18.4 Å². The van der Waals surface area contributed by atoms with Crippen LogP contribution in [0.2, 0.25) is 0 Å². The largest absolute Gasteiger partial charge is 1.00 e. The van der Waals surface area contributed by atoms with Gasteiger partial charge in [0.25, 0.3) is 5.69 Å². The van der Waals surface area contributed by atoms with Crippen molar-refractivity contribution in [2.75, 3.05) is 5.73 Å². The van der Waals surface area contributed by atoms with Gasteiger partial charge in [0.15, 0.2) is 5.78 Å². The van der Waals surface area contributed by atoms with Crippen LogP contribution in [-0.4, -0.2) is 15.3 Å². The number of nitrogens with two attached hydrogens (primary N) is 1. The Hall–Kier alpha value is -2.52. The minimum Gasteiger partial charge on any atom is -1.00 e. The van der Waals surface area contributed by atoms with Crippen LogP contribution < -0.4 is 27.3 Å². The molecule has 0 saturated carbocycles. The first kappa shape index (κ1) is 20.8. The van der Waals surface area contributed by atoms with Crippen molar-refractivity contribution < 1.29 is 31.3 Å². The first-order chi connectivity index (χ1) is 12.4. The third-order valence-electron chi connectivity index (χ3n) is 4.09. The van der Waals surface area contributed by atoms with Crippen LogP contribution in [0, 0.1) is 10.1 Å². The molecule has 0 radical (unpaired) electrons. The highest BCUT2D eigenvalue weighted by Crippen LogP contribution is 2.23. The highest BCUT2D eigenvalue weighted by molar-refractivity contribution is 9.10. The van der Waals surface area contributed by atoms with Crippen LogP contribution in [0.5, 0.6) is 0 Å². The van der Waals surface area contributed by atoms with Gasteiger partial charge in [-0.05, 0) is 12.1 Å². The Morgan fingerprint density at radius 1 is 1.26 bits per heavy atom. The van der Waals surface area contributed by atoms with Crippen LogP contribution in [0.25, 0.3) is 11.3 Å². The molecule has 0 aliphatic heterocycles. The number of Topliss-reactive ketones (excluding diaryl/α,β-unsaturated/α-hetero) is 1. The molecule has 3 aromatic rings. The van der Waals surface area contributed by atoms with Gasteiger partial charge in [-0.25, -0.2) is 9.13 Å². The summed E-state index contributed by atoms with van der Waals surface area (Å²) in [5.41, 5.74) is 8.11. The maximum absolute atomic E-state index is 12.5. The molecule has 140 valence electrons. The summed E-state index contributed by atoms with van der Waals surface area (Å²) >= 11 is 3.44. The number of aromatic nitrogens is 2. The van der Waals surface area contributed by atoms with E-state index in [1.54, 1.807) is 21.4 Å². The Morgan fingerprint density at radius 3 is 2.63 bits per heavy atom. The highest BCUT2D eigenvalue weighted by Gasteiger charge is 2.21. The number of hydrogen-bond donors (Lipinski definition) is 1. The molecule has 0 amide bonds. The smallest absolute Gasteiger partial charge is 0.355 e. The lowest BCUT2D eigenvalue weighted by Gasteiger charge is -2.00. The summed E-state index contributed by atoms with van der Waals surface area (Å²) in [6.45, 7) is -0.00511. The van der Waals surface area contributed by atoms with Crippen LogP contribution in [0.15, 0.2) is 59.2 Å². The van der Waals surface area contributed by atoms with E-state index in [1.165, 1.54) is 18.2 Å². The van der Waals surface area contributed by atoms with Crippen molar-refractivity contribution in [1.29, 1.82) is 0 Å². The standard InChI is InChI=1S/C18H15BrN4O3.BrH/c1-21-16(12-4-2-6-14(19)8-12)10-22(18(21)20)11-17(24)13-5-3-7-15(9-13)23(25)26;/h2-10,20H,11H2,1H3;1H. The van der Waals surface area contributed by atoms with Gasteiger partial charge in [-0.2, -0.15) is 0 Å². The number of halogens is 2. The maximum Gasteiger partial charge on any atom is 0.355 e. The molecule has 0 aliphatic rings. The molecule has 2 aromatic carbocycles. The molecule has 1 heterocycles. The molecule has 0 fully saturated rings. The third-order valence-corrected chi connectivity index (χ3v) is 4.58. The number of carbonyl (C=O) groups excluding carboxylic acids is 1. The van der Waals surface area contributed by atoms with Crippen molar-refractivity contribution in [3.8, 4) is 11.3 Å². The van der Waals surface area contributed by atoms with Gasteiger partial charge in [0.05, 0.1) is 12.0 Å². The summed E-state index contributed by atoms with van der Waals surface area (Å²) in [5, 5.41) is 10.9. The maximum atomic E-state index is 12.5. The zero-order chi connectivity index (χ0) is 18.8. The summed E-state index contributed by atoms with van der Waals surface area (Å²) in [4.78, 5) is 22.9. The van der Waals surface area contributed by atoms with E-state index in [9.17, 15) is 14.9 Å². The van der Waals surface area contributed by atoms with Gasteiger partial charge in [0.2, 0.25) is 0 Å². The van der Waals surface area contributed by atoms with Crippen molar-refractivity contribution in [2.45, 2.75) is 6.54 Å². The predicted octanol–water partition coefficient (Wildman–Crippen LogP) is 0.119. The molecule has 2 N–H and O–H groups in total. The highest BCUT2D eigenvalue weighted by atomic mass is 79.9. The van der Waals surface area contributed by atoms with Gasteiger partial charge in [0, 0.05) is 27.7 Å². The number of rotatable bonds is 5. The number of hydrogen-bond acceptors (Lipinski definition) is 4. The number of ketones is 1. The van der Waals surface area contributed by atoms with E-state index in [1.807, 2.05) is 31.3 Å². The van der Waals surface area contributed by atoms with Crippen molar-refractivity contribution in [2.24, 2.45) is 7.05 Å². The predicted molar refractivity (Wildman–Crippen MR) is 101 cm³/mol. The lowest BCUT2D eigenvalue weighted by molar-refractivity contribution is -0.667. The van der Waals surface area contributed by atoms with Gasteiger partial charge >= 0.3 is 5.95 Å². The monoisotopic (exact) mass is 494 g/mol. The molecule has 3 rings (SSSR count). The minimum absolute atomic E-state index is 0. The van der Waals surface area contributed by atoms with Crippen molar-refractivity contribution in [3.63, 3.8) is 0 Å². The fourth-order valence-electron chi connectivity index (χ4n) is 2.70. The van der Waals surface area contributed by atoms with E-state index in [2.05, 4.69) is 15.9 Å². The molecule has 27 heavy (non-hydrogen) atoms. The summed E-state index contributed by atoms with van der Waals surface area (Å²) < 4.78 is 4.37. The number of carbonyl (C=O) groups is 1. The lowest BCUT2D eigenvalue weighted by Crippen LogP contribution is -3.00. The van der Waals surface area contributed by atoms with E-state index in [0.717, 1.165) is 15.7 Å². The number of anilines is 1. The molecule has 0 unspecified atom stereocenters. The first-order valence-corrected chi connectivity index (χ1v) is 8.54. The van der Waals surface area contributed by atoms with Gasteiger partial charge < -0.3 is 17.0 Å². The quantitative estimate of drug-likeness (QED) is 0.235. The van der Waals surface area contributed by atoms with E-state index < -0.39 is 4.92 Å². The third kappa shape index (κ3) is 4.42. The summed E-state index contributed by atoms with van der Waals surface area (Å²) in [5.74, 6) is 0.163. The average molecular weight is 496 g/mol. The van der Waals surface area contributed by atoms with Crippen molar-refractivity contribution in [3.05, 3.63) is 74.9 Å². The Balaban J connectivity index is 0.00000261. The second kappa shape index (κ2) is 8.45. The van der Waals surface area contributed by atoms with Gasteiger partial charge in [-0.1, -0.05) is 40.2 Å². The second-order valence-electron chi connectivity index (χ2n) is 5.80. The fourth-order valence-corrected chi connectivity index (χ4v) is 3.10. The Morgan fingerprint density at radius 2 is 1.96 bits per heavy atom. The Kier molecular flexibility index (Phi) is 6.50. The average Bonchev–Trinajstić information content (AvgIpc) is 2.90. The zero-order valence-corrected chi connectivity index (χ0v) is 17.5. The number of nitro groups is 1. The Bertz CT molecular complexity index is 1020. The fraction of sp³-hybridized carbons (Fsp3) is 0.111. The Labute approximate surface area is 174 Å². The number of nitrogen functional groups attached to an aromatic ring is 1. The second-order valence-corrected chi connectivity index (χ2v) is 6.72. The van der Waals surface area contributed by atoms with E-state index in [-0.39, 0.29) is 40.6 Å². The zero-order valence-electron chi connectivity index (χ0n) is 14.3. The molecule has 1 aromatic heterocycles. The number of benzene rings is 2. The topological polar surface area (TPSA) is 95.0 Å². The SMILES string of the molecule is Cn1c(-c2cccc(Br)c2)c[n+](CC(=O)c2cccc([N+](=O)[O-])c2)c1N.[Br-]. The van der Waals surface area contributed by atoms with Crippen LogP contribution >= 0.6 is 15.9 Å². The molecular weight excluding hydrogens is 480 g/mol. The van der Waals surface area contributed by atoms with E-state index in [4.69, 9.17) is 5.73 Å². The van der Waals surface area contributed by atoms with Crippen LogP contribution in [0.1, 0.15) is 10.4 Å². The summed E-state index contributed by atoms with van der Waals surface area (Å²) in [6, 6.07) is 13.4. The molecule has 7 nitrogen and oxygen atoms in total. The minimum atomic E-state index is -0.522. The lowest BCUT2D eigenvalue weighted by atomic mass is 10.1. The number of nitrogens with zero attached hydrogens (tertiary/aromatic N) is 3. The molecule has 0 spiro atoms. The van der Waals surface area contributed by atoms with Gasteiger partial charge in [-0.3, -0.25) is 20.6 Å². The number of imidazole rings is 1. The molecule has 0 aliphatic carbocycles. The van der Waals surface area contributed by atoms with Crippen molar-refractivity contribution >= 4 is 33.3 Å². The van der Waals surface area contributed by atoms with Gasteiger partial charge in [-0.15, -0.1) is 0 Å². The summed E-state index contributed by atoms with van der Waals surface area (Å²) in [6.07, 6.45) is 1.80. The molecular formula is C18H16Br2N4O3. The number of non-ortho nitro benzene ring substituents is 1. The van der Waals surface area contributed by atoms with E-state index >= 15 is 0 Å². The molecule has 0 atom stereocenters. The summed E-state index contributed by atoms with van der Waals surface area (Å²) in [7, 11) is 1.82. The molecule has 0 saturated heterocycles. The van der Waals surface area contributed by atoms with Crippen LogP contribution in [-0.2, 0) is 13.6 Å². The van der Waals surface area contributed by atoms with Crippen molar-refractivity contribution in [1.82, 2.24) is 4.57 Å².